The van der Waals surface area contributed by atoms with E-state index in [0.29, 0.717) is 48.5 Å². The van der Waals surface area contributed by atoms with E-state index in [1.54, 1.807) is 47.3 Å². The van der Waals surface area contributed by atoms with Crippen LogP contribution in [0.25, 0.3) is 22.3 Å². The van der Waals surface area contributed by atoms with Crippen LogP contribution in [0, 0.1) is 0 Å². The van der Waals surface area contributed by atoms with E-state index in [4.69, 9.17) is 19.7 Å². The van der Waals surface area contributed by atoms with Gasteiger partial charge in [-0.15, -0.1) is 6.58 Å². The molecule has 12 heteroatoms. The van der Waals surface area contributed by atoms with E-state index in [9.17, 15) is 24.3 Å². The highest BCUT2D eigenvalue weighted by Crippen LogP contribution is 2.40. The van der Waals surface area contributed by atoms with Gasteiger partial charge in [0.25, 0.3) is 5.56 Å². The maximum Gasteiger partial charge on any atom is 0.412 e. The first-order valence-corrected chi connectivity index (χ1v) is 14.3. The Bertz CT molecular complexity index is 1680. The van der Waals surface area contributed by atoms with Crippen molar-refractivity contribution < 1.29 is 34.2 Å². The van der Waals surface area contributed by atoms with Crippen LogP contribution in [-0.4, -0.2) is 44.4 Å². The second kappa shape index (κ2) is 12.4. The summed E-state index contributed by atoms with van der Waals surface area (Å²) in [5, 5.41) is 23.1. The molecular formula is C31H34N4O8. The summed E-state index contributed by atoms with van der Waals surface area (Å²) < 4.78 is 12.3. The Morgan fingerprint density at radius 3 is 2.72 bits per heavy atom. The molecule has 0 unspecified atom stereocenters. The molecule has 1 aromatic carbocycles. The van der Waals surface area contributed by atoms with E-state index in [1.165, 1.54) is 0 Å². The third kappa shape index (κ3) is 5.63. The molecular weight excluding hydrogens is 556 g/mol. The first-order chi connectivity index (χ1) is 20.7. The molecule has 2 aromatic heterocycles. The first kappa shape index (κ1) is 29.9. The van der Waals surface area contributed by atoms with Crippen LogP contribution in [0.4, 0.5) is 4.79 Å². The Labute approximate surface area is 247 Å². The predicted molar refractivity (Wildman–Crippen MR) is 155 cm³/mol. The van der Waals surface area contributed by atoms with Crippen LogP contribution >= 0.6 is 0 Å². The van der Waals surface area contributed by atoms with E-state index >= 15 is 0 Å². The number of aliphatic hydroxyl groups is 1. The van der Waals surface area contributed by atoms with E-state index in [0.717, 1.165) is 29.4 Å². The summed E-state index contributed by atoms with van der Waals surface area (Å²) in [7, 11) is 0. The number of carbonyl (C=O) groups excluding carboxylic acids is 3. The SMILES string of the molecule is C=CCc1c2c(nc3ccc(OC(=O)NCCCCCCC(=O)NO)cc13)-c1cc3c(c(=O)n1C2)COC(=O)[C@]3(O)CC. The van der Waals surface area contributed by atoms with Gasteiger partial charge in [0.15, 0.2) is 5.60 Å². The summed E-state index contributed by atoms with van der Waals surface area (Å²) >= 11 is 0. The van der Waals surface area contributed by atoms with Crippen molar-refractivity contribution in [2.75, 3.05) is 6.54 Å². The van der Waals surface area contributed by atoms with Crippen molar-refractivity contribution in [1.29, 1.82) is 0 Å². The Balaban J connectivity index is 1.37. The van der Waals surface area contributed by atoms with E-state index < -0.39 is 23.6 Å². The number of hydrogen-bond donors (Lipinski definition) is 4. The quantitative estimate of drug-likeness (QED) is 0.0673. The summed E-state index contributed by atoms with van der Waals surface area (Å²) in [5.74, 6) is -0.854. The van der Waals surface area contributed by atoms with Gasteiger partial charge in [-0.25, -0.2) is 20.1 Å². The fourth-order valence-electron chi connectivity index (χ4n) is 5.74. The van der Waals surface area contributed by atoms with Gasteiger partial charge in [-0.3, -0.25) is 14.8 Å². The van der Waals surface area contributed by atoms with Crippen molar-refractivity contribution in [3.63, 3.8) is 0 Å². The molecule has 3 aromatic rings. The Kier molecular flexibility index (Phi) is 8.60. The molecule has 43 heavy (non-hydrogen) atoms. The number of nitrogens with one attached hydrogen (secondary N) is 2. The van der Waals surface area contributed by atoms with Gasteiger partial charge >= 0.3 is 12.1 Å². The monoisotopic (exact) mass is 590 g/mol. The smallest absolute Gasteiger partial charge is 0.412 e. The summed E-state index contributed by atoms with van der Waals surface area (Å²) in [5.41, 5.74) is 3.31. The molecule has 0 spiro atoms. The van der Waals surface area contributed by atoms with Crippen molar-refractivity contribution in [2.24, 2.45) is 0 Å². The lowest BCUT2D eigenvalue weighted by molar-refractivity contribution is -0.172. The Morgan fingerprint density at radius 1 is 1.19 bits per heavy atom. The van der Waals surface area contributed by atoms with Gasteiger partial charge in [0.1, 0.15) is 12.4 Å². The molecule has 0 fully saturated rings. The summed E-state index contributed by atoms with van der Waals surface area (Å²) in [6.45, 7) is 6.02. The average molecular weight is 591 g/mol. The number of hydrogen-bond acceptors (Lipinski definition) is 9. The lowest BCUT2D eigenvalue weighted by Crippen LogP contribution is -2.44. The number of cyclic esters (lactones) is 1. The van der Waals surface area contributed by atoms with Crippen LogP contribution in [0.3, 0.4) is 0 Å². The van der Waals surface area contributed by atoms with Crippen LogP contribution in [0.2, 0.25) is 0 Å². The number of unbranched alkanes of at least 4 members (excludes halogenated alkanes) is 3. The molecule has 226 valence electrons. The molecule has 0 bridgehead atoms. The fourth-order valence-corrected chi connectivity index (χ4v) is 5.74. The number of amides is 2. The topological polar surface area (TPSA) is 169 Å². The maximum atomic E-state index is 13.5. The van der Waals surface area contributed by atoms with Gasteiger partial charge in [0.05, 0.1) is 29.0 Å². The molecule has 0 saturated heterocycles. The highest BCUT2D eigenvalue weighted by molar-refractivity contribution is 5.90. The highest BCUT2D eigenvalue weighted by Gasteiger charge is 2.45. The summed E-state index contributed by atoms with van der Waals surface area (Å²) in [6.07, 6.45) is 4.91. The number of esters is 1. The van der Waals surface area contributed by atoms with Crippen molar-refractivity contribution in [3.05, 3.63) is 69.5 Å². The summed E-state index contributed by atoms with van der Waals surface area (Å²) in [4.78, 5) is 54.3. The van der Waals surface area contributed by atoms with Gasteiger partial charge in [0.2, 0.25) is 5.91 Å². The maximum absolute atomic E-state index is 13.5. The van der Waals surface area contributed by atoms with Crippen LogP contribution in [0.15, 0.2) is 41.7 Å². The zero-order valence-electron chi connectivity index (χ0n) is 23.9. The fraction of sp³-hybridized carbons (Fsp3) is 0.387. The van der Waals surface area contributed by atoms with Gasteiger partial charge in [-0.2, -0.15) is 0 Å². The zero-order chi connectivity index (χ0) is 30.7. The number of rotatable bonds is 11. The Hall–Kier alpha value is -4.55. The first-order valence-electron chi connectivity index (χ1n) is 14.3. The second-order valence-corrected chi connectivity index (χ2v) is 10.7. The molecule has 5 rings (SSSR count). The largest absolute Gasteiger partial charge is 0.458 e. The molecule has 2 aliphatic heterocycles. The number of pyridine rings is 2. The van der Waals surface area contributed by atoms with Crippen LogP contribution in [0.1, 0.15) is 67.7 Å². The van der Waals surface area contributed by atoms with E-state index in [-0.39, 0.29) is 42.7 Å². The normalized spacial score (nSPS) is 16.6. The van der Waals surface area contributed by atoms with Gasteiger partial charge < -0.3 is 24.5 Å². The number of carbonyl (C=O) groups is 3. The molecule has 4 heterocycles. The minimum absolute atomic E-state index is 0.0588. The molecule has 0 radical (unpaired) electrons. The number of benzene rings is 1. The van der Waals surface area contributed by atoms with Crippen LogP contribution in [0.5, 0.6) is 5.75 Å². The van der Waals surface area contributed by atoms with Crippen LogP contribution < -0.4 is 21.1 Å². The molecule has 2 amide bonds. The molecule has 1 atom stereocenters. The average Bonchev–Trinajstić information content (AvgIpc) is 3.37. The minimum Gasteiger partial charge on any atom is -0.458 e. The third-order valence-corrected chi connectivity index (χ3v) is 8.06. The van der Waals surface area contributed by atoms with Gasteiger partial charge in [-0.1, -0.05) is 25.8 Å². The van der Waals surface area contributed by atoms with Crippen molar-refractivity contribution >= 4 is 28.9 Å². The molecule has 0 aliphatic carbocycles. The van der Waals surface area contributed by atoms with E-state index in [2.05, 4.69) is 11.9 Å². The minimum atomic E-state index is -1.91. The molecule has 4 N–H and O–H groups in total. The summed E-state index contributed by atoms with van der Waals surface area (Å²) in [6, 6.07) is 6.81. The molecule has 12 nitrogen and oxygen atoms in total. The van der Waals surface area contributed by atoms with Gasteiger partial charge in [-0.05, 0) is 55.5 Å². The predicted octanol–water partition coefficient (Wildman–Crippen LogP) is 3.35. The molecule has 2 aliphatic rings. The van der Waals surface area contributed by atoms with E-state index in [1.807, 2.05) is 0 Å². The number of hydroxylamine groups is 1. The lowest BCUT2D eigenvalue weighted by atomic mass is 9.86. The second-order valence-electron chi connectivity index (χ2n) is 10.7. The van der Waals surface area contributed by atoms with Crippen molar-refractivity contribution in [3.8, 4) is 17.1 Å². The third-order valence-electron chi connectivity index (χ3n) is 8.06. The number of fused-ring (bicyclic) bond motifs is 5. The van der Waals surface area contributed by atoms with Gasteiger partial charge in [0, 0.05) is 29.5 Å². The van der Waals surface area contributed by atoms with Crippen LogP contribution in [-0.2, 0) is 39.5 Å². The zero-order valence-corrected chi connectivity index (χ0v) is 23.9. The number of allylic oxidation sites excluding steroid dienone is 1. The van der Waals surface area contributed by atoms with Crippen molar-refractivity contribution in [1.82, 2.24) is 20.3 Å². The number of ether oxygens (including phenoxy) is 2. The van der Waals surface area contributed by atoms with Crippen molar-refractivity contribution in [2.45, 2.75) is 70.6 Å². The Morgan fingerprint density at radius 2 is 1.98 bits per heavy atom. The highest BCUT2D eigenvalue weighted by atomic mass is 16.6. The molecule has 0 saturated carbocycles. The number of aromatic nitrogens is 2. The number of nitrogens with zero attached hydrogens (tertiary/aromatic N) is 2. The standard InChI is InChI=1S/C31H34N4O8/c1-3-9-19-20-14-18(43-30(39)32-13-8-6-5-7-10-26(36)34-41)11-12-24(20)33-27-21(19)16-35-25(27)15-23-22(28(35)37)17-42-29(38)31(23,40)4-2/h3,11-12,14-15,40-41H,1,4-10,13,16-17H2,2H3,(H,32,39)(H,34,36)/t31-/m0/s1. The lowest BCUT2D eigenvalue weighted by Gasteiger charge is -2.31.